The van der Waals surface area contributed by atoms with E-state index >= 15 is 0 Å². The van der Waals surface area contributed by atoms with Crippen molar-refractivity contribution >= 4 is 23.1 Å². The summed E-state index contributed by atoms with van der Waals surface area (Å²) in [6, 6.07) is 11.8. The SMILES string of the molecule is O=C1C(=O)N(c2ccc(F)c(F)c2)C(c2cccc(O)c2)/C1=C(/O)c1ccc2c(c1)OCO2. The standard InChI is InChI=1S/C24H15F2NO6/c25-16-6-5-14(10-17(16)26)27-21(12-2-1-3-15(28)8-12)20(23(30)24(27)31)22(29)13-4-7-18-19(9-13)33-11-32-18/h1-10,21,28-29H,11H2/b22-20-. The number of phenols is 1. The van der Waals surface area contributed by atoms with Crippen molar-refractivity contribution in [3.63, 3.8) is 0 Å². The predicted octanol–water partition coefficient (Wildman–Crippen LogP) is 4.03. The first-order valence-electron chi connectivity index (χ1n) is 9.80. The predicted molar refractivity (Wildman–Crippen MR) is 112 cm³/mol. The van der Waals surface area contributed by atoms with Gasteiger partial charge in [-0.2, -0.15) is 0 Å². The second-order valence-corrected chi connectivity index (χ2v) is 7.43. The highest BCUT2D eigenvalue weighted by atomic mass is 19.2. The van der Waals surface area contributed by atoms with E-state index in [0.29, 0.717) is 11.5 Å². The van der Waals surface area contributed by atoms with E-state index in [-0.39, 0.29) is 34.9 Å². The minimum atomic E-state index is -1.22. The van der Waals surface area contributed by atoms with Crippen LogP contribution in [0.15, 0.2) is 66.2 Å². The Morgan fingerprint density at radius 3 is 2.48 bits per heavy atom. The molecular formula is C24H15F2NO6. The molecule has 7 nitrogen and oxygen atoms in total. The summed E-state index contributed by atoms with van der Waals surface area (Å²) in [6.07, 6.45) is 0. The zero-order valence-corrected chi connectivity index (χ0v) is 16.8. The van der Waals surface area contributed by atoms with E-state index in [2.05, 4.69) is 0 Å². The lowest BCUT2D eigenvalue weighted by Crippen LogP contribution is -2.29. The van der Waals surface area contributed by atoms with Gasteiger partial charge in [-0.15, -0.1) is 0 Å². The number of ether oxygens (including phenoxy) is 2. The average Bonchev–Trinajstić information content (AvgIpc) is 3.37. The first-order chi connectivity index (χ1) is 15.8. The fraction of sp³-hybridized carbons (Fsp3) is 0.0833. The number of carbonyl (C=O) groups excluding carboxylic acids is 2. The molecule has 1 atom stereocenters. The number of aliphatic hydroxyl groups is 1. The smallest absolute Gasteiger partial charge is 0.300 e. The number of amides is 1. The molecule has 2 N–H and O–H groups in total. The van der Waals surface area contributed by atoms with Gasteiger partial charge in [0.05, 0.1) is 11.6 Å². The number of nitrogens with zero attached hydrogens (tertiary/aromatic N) is 1. The third-order valence-electron chi connectivity index (χ3n) is 5.46. The molecule has 3 aromatic carbocycles. The van der Waals surface area contributed by atoms with Crippen molar-refractivity contribution in [2.24, 2.45) is 0 Å². The summed E-state index contributed by atoms with van der Waals surface area (Å²) in [5.41, 5.74) is 0.0946. The molecule has 5 rings (SSSR count). The van der Waals surface area contributed by atoms with Gasteiger partial charge in [-0.1, -0.05) is 12.1 Å². The molecular weight excluding hydrogens is 436 g/mol. The van der Waals surface area contributed by atoms with Crippen molar-refractivity contribution in [3.8, 4) is 17.2 Å². The Kier molecular flexibility index (Phi) is 4.74. The van der Waals surface area contributed by atoms with Gasteiger partial charge in [0.25, 0.3) is 11.7 Å². The van der Waals surface area contributed by atoms with Crippen LogP contribution < -0.4 is 14.4 Å². The fourth-order valence-corrected chi connectivity index (χ4v) is 3.94. The maximum atomic E-state index is 14.0. The number of fused-ring (bicyclic) bond motifs is 1. The molecule has 9 heteroatoms. The number of benzene rings is 3. The largest absolute Gasteiger partial charge is 0.508 e. The number of hydrogen-bond acceptors (Lipinski definition) is 6. The number of hydrogen-bond donors (Lipinski definition) is 2. The van der Waals surface area contributed by atoms with Crippen LogP contribution in [0.25, 0.3) is 5.76 Å². The first-order valence-corrected chi connectivity index (χ1v) is 9.80. The summed E-state index contributed by atoms with van der Waals surface area (Å²) in [5, 5.41) is 21.1. The number of carbonyl (C=O) groups is 2. The summed E-state index contributed by atoms with van der Waals surface area (Å²) in [6.45, 7) is 0.00334. The quantitative estimate of drug-likeness (QED) is 0.355. The van der Waals surface area contributed by atoms with Gasteiger partial charge in [0, 0.05) is 17.3 Å². The molecule has 0 aromatic heterocycles. The highest BCUT2D eigenvalue weighted by Crippen LogP contribution is 2.44. The molecule has 1 saturated heterocycles. The maximum Gasteiger partial charge on any atom is 0.300 e. The molecule has 1 amide bonds. The highest BCUT2D eigenvalue weighted by Gasteiger charge is 2.47. The summed E-state index contributed by atoms with van der Waals surface area (Å²) in [5.74, 6) is -4.23. The van der Waals surface area contributed by atoms with Crippen LogP contribution in [0, 0.1) is 11.6 Å². The Morgan fingerprint density at radius 1 is 0.939 bits per heavy atom. The molecule has 0 spiro atoms. The zero-order chi connectivity index (χ0) is 23.3. The molecule has 0 saturated carbocycles. The topological polar surface area (TPSA) is 96.3 Å². The van der Waals surface area contributed by atoms with Crippen LogP contribution in [-0.2, 0) is 9.59 Å². The van der Waals surface area contributed by atoms with Crippen molar-refractivity contribution in [1.29, 1.82) is 0 Å². The molecule has 3 aromatic rings. The van der Waals surface area contributed by atoms with Crippen LogP contribution in [0.3, 0.4) is 0 Å². The van der Waals surface area contributed by atoms with Crippen LogP contribution in [-0.4, -0.2) is 28.7 Å². The normalized spacial score (nSPS) is 18.7. The second-order valence-electron chi connectivity index (χ2n) is 7.43. The summed E-state index contributed by atoms with van der Waals surface area (Å²) >= 11 is 0. The first kappa shape index (κ1) is 20.5. The number of aromatic hydroxyl groups is 1. The number of aliphatic hydroxyl groups excluding tert-OH is 1. The summed E-state index contributed by atoms with van der Waals surface area (Å²) in [7, 11) is 0. The van der Waals surface area contributed by atoms with Crippen molar-refractivity contribution in [1.82, 2.24) is 0 Å². The third-order valence-corrected chi connectivity index (χ3v) is 5.46. The number of anilines is 1. The lowest BCUT2D eigenvalue weighted by Gasteiger charge is -2.25. The van der Waals surface area contributed by atoms with Crippen LogP contribution in [0.2, 0.25) is 0 Å². The zero-order valence-electron chi connectivity index (χ0n) is 16.8. The minimum absolute atomic E-state index is 0.00334. The number of ketones is 1. The second kappa shape index (κ2) is 7.63. The van der Waals surface area contributed by atoms with E-state index in [1.807, 2.05) is 0 Å². The van der Waals surface area contributed by atoms with E-state index in [4.69, 9.17) is 9.47 Å². The Balaban J connectivity index is 1.72. The lowest BCUT2D eigenvalue weighted by molar-refractivity contribution is -0.132. The lowest BCUT2D eigenvalue weighted by atomic mass is 9.95. The van der Waals surface area contributed by atoms with E-state index in [9.17, 15) is 28.6 Å². The average molecular weight is 451 g/mol. The van der Waals surface area contributed by atoms with E-state index in [0.717, 1.165) is 23.1 Å². The molecule has 33 heavy (non-hydrogen) atoms. The van der Waals surface area contributed by atoms with E-state index in [1.165, 1.54) is 36.4 Å². The van der Waals surface area contributed by atoms with E-state index < -0.39 is 35.1 Å². The minimum Gasteiger partial charge on any atom is -0.508 e. The number of phenolic OH excluding ortho intramolecular Hbond substituents is 1. The van der Waals surface area contributed by atoms with Gasteiger partial charge in [0.2, 0.25) is 6.79 Å². The third kappa shape index (κ3) is 3.34. The number of halogens is 2. The van der Waals surface area contributed by atoms with Gasteiger partial charge >= 0.3 is 0 Å². The van der Waals surface area contributed by atoms with Crippen LogP contribution in [0.5, 0.6) is 17.2 Å². The van der Waals surface area contributed by atoms with Gasteiger partial charge in [0.1, 0.15) is 11.5 Å². The fourth-order valence-electron chi connectivity index (χ4n) is 3.94. The Bertz CT molecular complexity index is 1350. The number of rotatable bonds is 3. The monoisotopic (exact) mass is 451 g/mol. The van der Waals surface area contributed by atoms with Crippen molar-refractivity contribution in [2.45, 2.75) is 6.04 Å². The van der Waals surface area contributed by atoms with Gasteiger partial charge < -0.3 is 19.7 Å². The molecule has 0 bridgehead atoms. The Morgan fingerprint density at radius 2 is 1.73 bits per heavy atom. The Hall–Kier alpha value is -4.40. The van der Waals surface area contributed by atoms with Crippen molar-refractivity contribution < 1.29 is 38.1 Å². The van der Waals surface area contributed by atoms with Crippen LogP contribution in [0.4, 0.5) is 14.5 Å². The molecule has 0 radical (unpaired) electrons. The molecule has 1 fully saturated rings. The maximum absolute atomic E-state index is 14.0. The van der Waals surface area contributed by atoms with Gasteiger partial charge in [-0.3, -0.25) is 14.5 Å². The molecule has 1 unspecified atom stereocenters. The highest BCUT2D eigenvalue weighted by molar-refractivity contribution is 6.51. The van der Waals surface area contributed by atoms with Crippen LogP contribution >= 0.6 is 0 Å². The summed E-state index contributed by atoms with van der Waals surface area (Å²) < 4.78 is 38.1. The Labute approximate surface area is 185 Å². The molecule has 0 aliphatic carbocycles. The molecule has 2 aliphatic rings. The molecule has 2 aliphatic heterocycles. The molecule has 2 heterocycles. The molecule has 166 valence electrons. The van der Waals surface area contributed by atoms with Gasteiger partial charge in [0.15, 0.2) is 23.1 Å². The van der Waals surface area contributed by atoms with Crippen LogP contribution in [0.1, 0.15) is 17.2 Å². The summed E-state index contributed by atoms with van der Waals surface area (Å²) in [4.78, 5) is 27.0. The van der Waals surface area contributed by atoms with Gasteiger partial charge in [-0.25, -0.2) is 8.78 Å². The number of Topliss-reactive ketones (excluding diaryl/α,β-unsaturated/α-hetero) is 1. The van der Waals surface area contributed by atoms with Crippen molar-refractivity contribution in [3.05, 3.63) is 89.0 Å². The van der Waals surface area contributed by atoms with Crippen molar-refractivity contribution in [2.75, 3.05) is 11.7 Å². The van der Waals surface area contributed by atoms with E-state index in [1.54, 1.807) is 6.07 Å². The van der Waals surface area contributed by atoms with Gasteiger partial charge in [-0.05, 0) is 48.0 Å².